The SMILES string of the molecule is CCCCCCCNCC1(c2ccc(CO)cc2)CC1. The van der Waals surface area contributed by atoms with Crippen molar-refractivity contribution in [2.45, 2.75) is 63.9 Å². The second-order valence-electron chi connectivity index (χ2n) is 6.23. The third-order valence-corrected chi connectivity index (χ3v) is 4.52. The number of benzene rings is 1. The van der Waals surface area contributed by atoms with Gasteiger partial charge in [-0.3, -0.25) is 0 Å². The number of unbranched alkanes of at least 4 members (excludes halogenated alkanes) is 4. The van der Waals surface area contributed by atoms with Crippen LogP contribution in [0.5, 0.6) is 0 Å². The quantitative estimate of drug-likeness (QED) is 0.637. The lowest BCUT2D eigenvalue weighted by atomic mass is 9.95. The molecule has 2 nitrogen and oxygen atoms in total. The maximum atomic E-state index is 9.10. The van der Waals surface area contributed by atoms with Gasteiger partial charge in [0.15, 0.2) is 0 Å². The van der Waals surface area contributed by atoms with Gasteiger partial charge in [0.25, 0.3) is 0 Å². The van der Waals surface area contributed by atoms with Crippen LogP contribution in [0.25, 0.3) is 0 Å². The van der Waals surface area contributed by atoms with Gasteiger partial charge in [-0.05, 0) is 36.9 Å². The first-order chi connectivity index (χ1) is 9.80. The Hall–Kier alpha value is -0.860. The van der Waals surface area contributed by atoms with E-state index in [4.69, 9.17) is 5.11 Å². The first-order valence-electron chi connectivity index (χ1n) is 8.22. The molecule has 1 saturated carbocycles. The van der Waals surface area contributed by atoms with Crippen LogP contribution in [0, 0.1) is 0 Å². The largest absolute Gasteiger partial charge is 0.392 e. The van der Waals surface area contributed by atoms with E-state index in [2.05, 4.69) is 36.5 Å². The van der Waals surface area contributed by atoms with Crippen LogP contribution < -0.4 is 5.32 Å². The average Bonchev–Trinajstić information content (AvgIpc) is 3.28. The summed E-state index contributed by atoms with van der Waals surface area (Å²) in [5.74, 6) is 0. The zero-order chi connectivity index (χ0) is 14.3. The summed E-state index contributed by atoms with van der Waals surface area (Å²) in [6, 6.07) is 8.50. The van der Waals surface area contributed by atoms with Gasteiger partial charge < -0.3 is 10.4 Å². The van der Waals surface area contributed by atoms with Crippen molar-refractivity contribution in [1.29, 1.82) is 0 Å². The molecule has 0 spiro atoms. The van der Waals surface area contributed by atoms with Gasteiger partial charge in [0.05, 0.1) is 6.61 Å². The zero-order valence-corrected chi connectivity index (χ0v) is 12.8. The molecule has 1 aliphatic rings. The molecule has 0 amide bonds. The molecule has 0 bridgehead atoms. The summed E-state index contributed by atoms with van der Waals surface area (Å²) in [6.07, 6.45) is 9.34. The summed E-state index contributed by atoms with van der Waals surface area (Å²) in [5.41, 5.74) is 2.83. The molecule has 0 heterocycles. The van der Waals surface area contributed by atoms with Crippen LogP contribution in [0.15, 0.2) is 24.3 Å². The van der Waals surface area contributed by atoms with Gasteiger partial charge >= 0.3 is 0 Å². The number of hydrogen-bond donors (Lipinski definition) is 2. The summed E-state index contributed by atoms with van der Waals surface area (Å²) >= 11 is 0. The minimum Gasteiger partial charge on any atom is -0.392 e. The van der Waals surface area contributed by atoms with E-state index >= 15 is 0 Å². The average molecular weight is 275 g/mol. The predicted molar refractivity (Wildman–Crippen MR) is 84.9 cm³/mol. The third-order valence-electron chi connectivity index (χ3n) is 4.52. The van der Waals surface area contributed by atoms with Crippen molar-refractivity contribution in [2.24, 2.45) is 0 Å². The molecule has 1 fully saturated rings. The molecule has 0 saturated heterocycles. The van der Waals surface area contributed by atoms with Gasteiger partial charge in [-0.1, -0.05) is 56.9 Å². The van der Waals surface area contributed by atoms with E-state index in [-0.39, 0.29) is 6.61 Å². The van der Waals surface area contributed by atoms with Crippen LogP contribution in [0.2, 0.25) is 0 Å². The first kappa shape index (κ1) is 15.5. The van der Waals surface area contributed by atoms with Crippen LogP contribution in [-0.2, 0) is 12.0 Å². The molecule has 1 aliphatic carbocycles. The summed E-state index contributed by atoms with van der Waals surface area (Å²) < 4.78 is 0. The van der Waals surface area contributed by atoms with Crippen LogP contribution in [0.1, 0.15) is 63.0 Å². The van der Waals surface area contributed by atoms with Crippen molar-refractivity contribution >= 4 is 0 Å². The monoisotopic (exact) mass is 275 g/mol. The minimum atomic E-state index is 0.142. The number of rotatable bonds is 10. The Morgan fingerprint density at radius 1 is 1.05 bits per heavy atom. The summed E-state index contributed by atoms with van der Waals surface area (Å²) in [4.78, 5) is 0. The molecule has 2 heteroatoms. The molecule has 0 atom stereocenters. The lowest BCUT2D eigenvalue weighted by Crippen LogP contribution is -2.27. The van der Waals surface area contributed by atoms with Crippen molar-refractivity contribution in [2.75, 3.05) is 13.1 Å². The molecule has 2 rings (SSSR count). The van der Waals surface area contributed by atoms with E-state index in [1.54, 1.807) is 0 Å². The maximum Gasteiger partial charge on any atom is 0.0681 e. The fraction of sp³-hybridized carbons (Fsp3) is 0.667. The second-order valence-corrected chi connectivity index (χ2v) is 6.23. The van der Waals surface area contributed by atoms with Crippen LogP contribution in [-0.4, -0.2) is 18.2 Å². The summed E-state index contributed by atoms with van der Waals surface area (Å²) in [5, 5.41) is 12.7. The topological polar surface area (TPSA) is 32.3 Å². The van der Waals surface area contributed by atoms with E-state index in [0.717, 1.165) is 18.7 Å². The molecular weight excluding hydrogens is 246 g/mol. The highest BCUT2D eigenvalue weighted by Crippen LogP contribution is 2.47. The highest BCUT2D eigenvalue weighted by atomic mass is 16.3. The molecule has 112 valence electrons. The molecule has 0 unspecified atom stereocenters. The highest BCUT2D eigenvalue weighted by Gasteiger charge is 2.43. The highest BCUT2D eigenvalue weighted by molar-refractivity contribution is 5.34. The standard InChI is InChI=1S/C18H29NO/c1-2-3-4-5-6-13-19-15-18(11-12-18)17-9-7-16(14-20)8-10-17/h7-10,19-20H,2-6,11-15H2,1H3. The number of aliphatic hydroxyl groups excluding tert-OH is 1. The van der Waals surface area contributed by atoms with E-state index in [9.17, 15) is 0 Å². The Balaban J connectivity index is 1.69. The fourth-order valence-electron chi connectivity index (χ4n) is 2.86. The molecule has 2 N–H and O–H groups in total. The van der Waals surface area contributed by atoms with E-state index in [1.165, 1.54) is 50.5 Å². The van der Waals surface area contributed by atoms with E-state index < -0.39 is 0 Å². The molecule has 0 aromatic heterocycles. The first-order valence-corrected chi connectivity index (χ1v) is 8.22. The van der Waals surface area contributed by atoms with Crippen molar-refractivity contribution in [3.05, 3.63) is 35.4 Å². The Labute approximate surface area is 123 Å². The van der Waals surface area contributed by atoms with Crippen LogP contribution >= 0.6 is 0 Å². The third kappa shape index (κ3) is 4.32. The van der Waals surface area contributed by atoms with Crippen molar-refractivity contribution in [3.8, 4) is 0 Å². The van der Waals surface area contributed by atoms with Gasteiger partial charge in [0, 0.05) is 12.0 Å². The molecule has 1 aromatic rings. The molecule has 0 radical (unpaired) electrons. The molecule has 1 aromatic carbocycles. The Morgan fingerprint density at radius 2 is 1.75 bits per heavy atom. The normalized spacial score (nSPS) is 16.3. The van der Waals surface area contributed by atoms with Crippen LogP contribution in [0.3, 0.4) is 0 Å². The van der Waals surface area contributed by atoms with Crippen molar-refractivity contribution < 1.29 is 5.11 Å². The smallest absolute Gasteiger partial charge is 0.0681 e. The minimum absolute atomic E-state index is 0.142. The van der Waals surface area contributed by atoms with Gasteiger partial charge in [0.1, 0.15) is 0 Å². The van der Waals surface area contributed by atoms with Gasteiger partial charge in [0.2, 0.25) is 0 Å². The van der Waals surface area contributed by atoms with Crippen LogP contribution in [0.4, 0.5) is 0 Å². The van der Waals surface area contributed by atoms with E-state index in [1.807, 2.05) is 0 Å². The zero-order valence-electron chi connectivity index (χ0n) is 12.8. The second kappa shape index (κ2) is 7.80. The lowest BCUT2D eigenvalue weighted by molar-refractivity contribution is 0.282. The van der Waals surface area contributed by atoms with Gasteiger partial charge in [-0.15, -0.1) is 0 Å². The lowest BCUT2D eigenvalue weighted by Gasteiger charge is -2.17. The van der Waals surface area contributed by atoms with Crippen molar-refractivity contribution in [3.63, 3.8) is 0 Å². The molecule has 20 heavy (non-hydrogen) atoms. The predicted octanol–water partition coefficient (Wildman–Crippen LogP) is 3.77. The Kier molecular flexibility index (Phi) is 6.06. The summed E-state index contributed by atoms with van der Waals surface area (Å²) in [7, 11) is 0. The van der Waals surface area contributed by atoms with E-state index in [0.29, 0.717) is 5.41 Å². The fourth-order valence-corrected chi connectivity index (χ4v) is 2.86. The Bertz CT molecular complexity index is 381. The maximum absolute atomic E-state index is 9.10. The van der Waals surface area contributed by atoms with Gasteiger partial charge in [-0.2, -0.15) is 0 Å². The number of hydrogen-bond acceptors (Lipinski definition) is 2. The number of nitrogens with one attached hydrogen (secondary N) is 1. The molecular formula is C18H29NO. The number of aliphatic hydroxyl groups is 1. The summed E-state index contributed by atoms with van der Waals surface area (Å²) in [6.45, 7) is 4.67. The Morgan fingerprint density at radius 3 is 2.35 bits per heavy atom. The molecule has 0 aliphatic heterocycles. The van der Waals surface area contributed by atoms with Crippen molar-refractivity contribution in [1.82, 2.24) is 5.32 Å². The van der Waals surface area contributed by atoms with Gasteiger partial charge in [-0.25, -0.2) is 0 Å².